The van der Waals surface area contributed by atoms with E-state index in [9.17, 15) is 9.59 Å². The Bertz CT molecular complexity index is 1050. The fraction of sp³-hybridized carbons (Fsp3) is 0.423. The minimum atomic E-state index is -0.332. The highest BCUT2D eigenvalue weighted by molar-refractivity contribution is 6.31. The number of carbonyl (C=O) groups is 2. The van der Waals surface area contributed by atoms with E-state index in [4.69, 9.17) is 21.4 Å². The van der Waals surface area contributed by atoms with E-state index in [-0.39, 0.29) is 30.3 Å². The van der Waals surface area contributed by atoms with Gasteiger partial charge in [0.15, 0.2) is 0 Å². The fourth-order valence-corrected chi connectivity index (χ4v) is 4.15. The van der Waals surface area contributed by atoms with Crippen LogP contribution in [-0.2, 0) is 14.3 Å². The first kappa shape index (κ1) is 24.9. The highest BCUT2D eigenvalue weighted by Gasteiger charge is 2.35. The van der Waals surface area contributed by atoms with E-state index < -0.39 is 0 Å². The number of amides is 2. The highest BCUT2D eigenvalue weighted by atomic mass is 35.5. The molecule has 0 bridgehead atoms. The number of nitrogens with zero attached hydrogens (tertiary/aromatic N) is 3. The van der Waals surface area contributed by atoms with Crippen LogP contribution in [0.3, 0.4) is 0 Å². The van der Waals surface area contributed by atoms with Crippen molar-refractivity contribution < 1.29 is 14.3 Å². The molecule has 0 aromatic heterocycles. The lowest BCUT2D eigenvalue weighted by molar-refractivity contribution is -0.143. The summed E-state index contributed by atoms with van der Waals surface area (Å²) < 4.78 is 5.15. The smallest absolute Gasteiger partial charge is 0.262 e. The maximum Gasteiger partial charge on any atom is 0.262 e. The summed E-state index contributed by atoms with van der Waals surface area (Å²) in [6.45, 7) is 8.42. The minimum absolute atomic E-state index is 0.0645. The van der Waals surface area contributed by atoms with Gasteiger partial charge in [-0.15, -0.1) is 0 Å². The van der Waals surface area contributed by atoms with Crippen molar-refractivity contribution in [1.82, 2.24) is 9.91 Å². The monoisotopic (exact) mass is 469 g/mol. The van der Waals surface area contributed by atoms with E-state index >= 15 is 0 Å². The maximum atomic E-state index is 13.5. The molecule has 1 atom stereocenters. The average molecular weight is 470 g/mol. The summed E-state index contributed by atoms with van der Waals surface area (Å²) in [6.07, 6.45) is 0.550. The quantitative estimate of drug-likeness (QED) is 0.559. The molecule has 176 valence electrons. The first-order valence-corrected chi connectivity index (χ1v) is 11.6. The molecular formula is C26H32ClN3O3. The lowest BCUT2D eigenvalue weighted by Crippen LogP contribution is -2.44. The standard InChI is InChI=1S/C26H32ClN3O3/c1-17(2)26(32)29(12-13-33-5)16-25(31)30-24(21-8-6-7-9-22(21)27)15-23(28-30)20-11-10-18(3)19(4)14-20/h6-11,14,17,24H,12-13,15-16H2,1-5H3/t24-/m1/s1. The summed E-state index contributed by atoms with van der Waals surface area (Å²) in [7, 11) is 1.58. The van der Waals surface area contributed by atoms with Gasteiger partial charge in [0, 0.05) is 31.0 Å². The summed E-state index contributed by atoms with van der Waals surface area (Å²) in [5.41, 5.74) is 5.03. The Morgan fingerprint density at radius 3 is 2.55 bits per heavy atom. The Balaban J connectivity index is 1.94. The van der Waals surface area contributed by atoms with E-state index in [0.29, 0.717) is 24.6 Å². The third kappa shape index (κ3) is 5.81. The summed E-state index contributed by atoms with van der Waals surface area (Å²) in [6, 6.07) is 13.4. The number of ether oxygens (including phenoxy) is 1. The van der Waals surface area contributed by atoms with Crippen molar-refractivity contribution in [1.29, 1.82) is 0 Å². The molecule has 0 unspecified atom stereocenters. The van der Waals surface area contributed by atoms with Gasteiger partial charge in [-0.3, -0.25) is 9.59 Å². The third-order valence-corrected chi connectivity index (χ3v) is 6.31. The number of hydrazone groups is 1. The van der Waals surface area contributed by atoms with Gasteiger partial charge >= 0.3 is 0 Å². The largest absolute Gasteiger partial charge is 0.383 e. The average Bonchev–Trinajstić information content (AvgIpc) is 3.23. The Morgan fingerprint density at radius 1 is 1.18 bits per heavy atom. The van der Waals surface area contributed by atoms with Crippen molar-refractivity contribution in [3.8, 4) is 0 Å². The van der Waals surface area contributed by atoms with Crippen molar-refractivity contribution in [2.24, 2.45) is 11.0 Å². The van der Waals surface area contributed by atoms with E-state index in [1.165, 1.54) is 16.1 Å². The molecule has 0 spiro atoms. The number of methoxy groups -OCH3 is 1. The molecule has 2 aromatic carbocycles. The van der Waals surface area contributed by atoms with Gasteiger partial charge in [-0.05, 0) is 48.2 Å². The summed E-state index contributed by atoms with van der Waals surface area (Å²) in [5.74, 6) is -0.557. The number of carbonyl (C=O) groups excluding carboxylic acids is 2. The van der Waals surface area contributed by atoms with Gasteiger partial charge in [0.25, 0.3) is 5.91 Å². The van der Waals surface area contributed by atoms with Crippen molar-refractivity contribution in [3.63, 3.8) is 0 Å². The SMILES string of the molecule is COCCN(CC(=O)N1N=C(c2ccc(C)c(C)c2)C[C@@H]1c1ccccc1Cl)C(=O)C(C)C. The molecule has 3 rings (SSSR count). The Morgan fingerprint density at radius 2 is 1.91 bits per heavy atom. The lowest BCUT2D eigenvalue weighted by atomic mass is 9.96. The van der Waals surface area contributed by atoms with Gasteiger partial charge in [-0.2, -0.15) is 5.10 Å². The van der Waals surface area contributed by atoms with Crippen molar-refractivity contribution >= 4 is 29.1 Å². The lowest BCUT2D eigenvalue weighted by Gasteiger charge is -2.28. The predicted octanol–water partition coefficient (Wildman–Crippen LogP) is 4.77. The van der Waals surface area contributed by atoms with Crippen LogP contribution >= 0.6 is 11.6 Å². The van der Waals surface area contributed by atoms with Gasteiger partial charge < -0.3 is 9.64 Å². The molecule has 1 heterocycles. The minimum Gasteiger partial charge on any atom is -0.383 e. The molecule has 6 nitrogen and oxygen atoms in total. The summed E-state index contributed by atoms with van der Waals surface area (Å²) in [4.78, 5) is 27.7. The zero-order valence-electron chi connectivity index (χ0n) is 20.0. The van der Waals surface area contributed by atoms with E-state index in [2.05, 4.69) is 26.0 Å². The van der Waals surface area contributed by atoms with Crippen LogP contribution in [0.4, 0.5) is 0 Å². The Kier molecular flexibility index (Phi) is 8.27. The molecule has 1 aliphatic heterocycles. The predicted molar refractivity (Wildman–Crippen MR) is 131 cm³/mol. The number of halogens is 1. The molecule has 0 saturated heterocycles. The first-order chi connectivity index (χ1) is 15.7. The van der Waals surface area contributed by atoms with Crippen LogP contribution < -0.4 is 0 Å². The fourth-order valence-electron chi connectivity index (χ4n) is 3.89. The number of hydrogen-bond donors (Lipinski definition) is 0. The number of aryl methyl sites for hydroxylation is 2. The van der Waals surface area contributed by atoms with Crippen LogP contribution in [0.5, 0.6) is 0 Å². The van der Waals surface area contributed by atoms with Gasteiger partial charge in [0.05, 0.1) is 18.4 Å². The maximum absolute atomic E-state index is 13.5. The van der Waals surface area contributed by atoms with E-state index in [0.717, 1.165) is 16.8 Å². The second kappa shape index (κ2) is 10.9. The number of benzene rings is 2. The van der Waals surface area contributed by atoms with E-state index in [1.807, 2.05) is 44.2 Å². The van der Waals surface area contributed by atoms with Crippen LogP contribution in [-0.4, -0.2) is 54.2 Å². The molecule has 33 heavy (non-hydrogen) atoms. The second-order valence-electron chi connectivity index (χ2n) is 8.73. The van der Waals surface area contributed by atoms with Crippen LogP contribution in [0.1, 0.15) is 48.6 Å². The Labute approximate surface area is 201 Å². The summed E-state index contributed by atoms with van der Waals surface area (Å²) >= 11 is 6.51. The van der Waals surface area contributed by atoms with Crippen LogP contribution in [0, 0.1) is 19.8 Å². The zero-order valence-corrected chi connectivity index (χ0v) is 20.7. The molecule has 0 aliphatic carbocycles. The van der Waals surface area contributed by atoms with E-state index in [1.54, 1.807) is 12.0 Å². The zero-order chi connectivity index (χ0) is 24.1. The number of hydrogen-bond acceptors (Lipinski definition) is 4. The van der Waals surface area contributed by atoms with Gasteiger partial charge in [0.1, 0.15) is 6.54 Å². The summed E-state index contributed by atoms with van der Waals surface area (Å²) in [5, 5.41) is 6.83. The van der Waals surface area contributed by atoms with Crippen LogP contribution in [0.15, 0.2) is 47.6 Å². The van der Waals surface area contributed by atoms with Crippen molar-refractivity contribution in [3.05, 3.63) is 69.7 Å². The van der Waals surface area contributed by atoms with Gasteiger partial charge in [-0.25, -0.2) is 5.01 Å². The molecule has 2 amide bonds. The third-order valence-electron chi connectivity index (χ3n) is 5.97. The van der Waals surface area contributed by atoms with Crippen molar-refractivity contribution in [2.75, 3.05) is 26.8 Å². The van der Waals surface area contributed by atoms with Crippen molar-refractivity contribution in [2.45, 2.75) is 40.2 Å². The molecule has 0 N–H and O–H groups in total. The molecule has 0 radical (unpaired) electrons. The molecular weight excluding hydrogens is 438 g/mol. The number of rotatable bonds is 8. The van der Waals surface area contributed by atoms with Crippen LogP contribution in [0.25, 0.3) is 0 Å². The Hall–Kier alpha value is -2.70. The first-order valence-electron chi connectivity index (χ1n) is 11.2. The topological polar surface area (TPSA) is 62.2 Å². The van der Waals surface area contributed by atoms with Gasteiger partial charge in [-0.1, -0.05) is 55.8 Å². The molecule has 1 aliphatic rings. The highest BCUT2D eigenvalue weighted by Crippen LogP contribution is 2.36. The van der Waals surface area contributed by atoms with Crippen LogP contribution in [0.2, 0.25) is 5.02 Å². The molecule has 2 aromatic rings. The molecule has 0 fully saturated rings. The van der Waals surface area contributed by atoms with Gasteiger partial charge in [0.2, 0.25) is 5.91 Å². The molecule has 7 heteroatoms. The molecule has 0 saturated carbocycles. The second-order valence-corrected chi connectivity index (χ2v) is 9.14. The normalized spacial score (nSPS) is 15.7.